The predicted octanol–water partition coefficient (Wildman–Crippen LogP) is 2.71. The SMILES string of the molecule is CC(C)Oc1ncccc1NCC1CCCOC1. The van der Waals surface area contributed by atoms with Crippen molar-refractivity contribution in [3.63, 3.8) is 0 Å². The van der Waals surface area contributed by atoms with Crippen LogP contribution >= 0.6 is 0 Å². The fourth-order valence-corrected chi connectivity index (χ4v) is 2.07. The lowest BCUT2D eigenvalue weighted by Gasteiger charge is -2.23. The Bertz CT molecular complexity index is 363. The first-order valence-corrected chi connectivity index (χ1v) is 6.69. The van der Waals surface area contributed by atoms with Gasteiger partial charge >= 0.3 is 0 Å². The van der Waals surface area contributed by atoms with Crippen LogP contribution in [-0.4, -0.2) is 30.8 Å². The van der Waals surface area contributed by atoms with Crippen molar-refractivity contribution >= 4 is 5.69 Å². The van der Waals surface area contributed by atoms with E-state index in [4.69, 9.17) is 9.47 Å². The molecule has 18 heavy (non-hydrogen) atoms. The van der Waals surface area contributed by atoms with Gasteiger partial charge in [0.05, 0.1) is 18.4 Å². The van der Waals surface area contributed by atoms with E-state index in [-0.39, 0.29) is 6.10 Å². The van der Waals surface area contributed by atoms with Crippen LogP contribution in [0.15, 0.2) is 18.3 Å². The second-order valence-electron chi connectivity index (χ2n) is 4.99. The lowest BCUT2D eigenvalue weighted by molar-refractivity contribution is 0.0594. The molecular formula is C14H22N2O2. The fraction of sp³-hybridized carbons (Fsp3) is 0.643. The molecule has 1 N–H and O–H groups in total. The zero-order valence-corrected chi connectivity index (χ0v) is 11.2. The molecule has 100 valence electrons. The summed E-state index contributed by atoms with van der Waals surface area (Å²) < 4.78 is 11.2. The van der Waals surface area contributed by atoms with Crippen LogP contribution in [-0.2, 0) is 4.74 Å². The summed E-state index contributed by atoms with van der Waals surface area (Å²) in [6.07, 6.45) is 4.29. The summed E-state index contributed by atoms with van der Waals surface area (Å²) in [7, 11) is 0. The third kappa shape index (κ3) is 3.88. The Morgan fingerprint density at radius 2 is 2.44 bits per heavy atom. The maximum Gasteiger partial charge on any atom is 0.237 e. The lowest BCUT2D eigenvalue weighted by atomic mass is 10.0. The van der Waals surface area contributed by atoms with Gasteiger partial charge < -0.3 is 14.8 Å². The summed E-state index contributed by atoms with van der Waals surface area (Å²) in [5.74, 6) is 1.27. The van der Waals surface area contributed by atoms with E-state index in [9.17, 15) is 0 Å². The van der Waals surface area contributed by atoms with E-state index in [1.807, 2.05) is 26.0 Å². The molecule has 1 aliphatic heterocycles. The molecule has 2 heterocycles. The molecule has 1 fully saturated rings. The van der Waals surface area contributed by atoms with Crippen LogP contribution in [0.4, 0.5) is 5.69 Å². The van der Waals surface area contributed by atoms with Crippen LogP contribution < -0.4 is 10.1 Å². The smallest absolute Gasteiger partial charge is 0.237 e. The minimum absolute atomic E-state index is 0.137. The molecular weight excluding hydrogens is 228 g/mol. The molecule has 1 aromatic heterocycles. The number of anilines is 1. The van der Waals surface area contributed by atoms with Crippen LogP contribution in [0.3, 0.4) is 0 Å². The number of pyridine rings is 1. The summed E-state index contributed by atoms with van der Waals surface area (Å²) in [6, 6.07) is 3.93. The number of nitrogens with one attached hydrogen (secondary N) is 1. The van der Waals surface area contributed by atoms with Crippen molar-refractivity contribution < 1.29 is 9.47 Å². The molecule has 1 unspecified atom stereocenters. The van der Waals surface area contributed by atoms with Gasteiger partial charge in [-0.2, -0.15) is 0 Å². The summed E-state index contributed by atoms with van der Waals surface area (Å²) in [5.41, 5.74) is 0.969. The third-order valence-corrected chi connectivity index (χ3v) is 2.95. The minimum Gasteiger partial charge on any atom is -0.473 e. The summed E-state index contributed by atoms with van der Waals surface area (Å²) >= 11 is 0. The number of nitrogens with zero attached hydrogens (tertiary/aromatic N) is 1. The van der Waals surface area contributed by atoms with Crippen LogP contribution in [0, 0.1) is 5.92 Å². The first-order chi connectivity index (χ1) is 8.75. The van der Waals surface area contributed by atoms with Gasteiger partial charge in [0.2, 0.25) is 5.88 Å². The maximum atomic E-state index is 5.68. The Hall–Kier alpha value is -1.29. The van der Waals surface area contributed by atoms with Gasteiger partial charge in [0, 0.05) is 19.3 Å². The fourth-order valence-electron chi connectivity index (χ4n) is 2.07. The average molecular weight is 250 g/mol. The molecule has 0 radical (unpaired) electrons. The minimum atomic E-state index is 0.137. The molecule has 4 heteroatoms. The summed E-state index contributed by atoms with van der Waals surface area (Å²) in [6.45, 7) is 6.69. The van der Waals surface area contributed by atoms with E-state index in [0.29, 0.717) is 11.8 Å². The average Bonchev–Trinajstić information content (AvgIpc) is 2.38. The first kappa shape index (κ1) is 13.1. The third-order valence-electron chi connectivity index (χ3n) is 2.95. The Morgan fingerprint density at radius 1 is 1.56 bits per heavy atom. The molecule has 1 aliphatic rings. The maximum absolute atomic E-state index is 5.68. The Kier molecular flexibility index (Phi) is 4.81. The summed E-state index contributed by atoms with van der Waals surface area (Å²) in [5, 5.41) is 3.42. The van der Waals surface area contributed by atoms with E-state index in [1.165, 1.54) is 6.42 Å². The van der Waals surface area contributed by atoms with Gasteiger partial charge in [0.25, 0.3) is 0 Å². The first-order valence-electron chi connectivity index (χ1n) is 6.69. The molecule has 0 amide bonds. The van der Waals surface area contributed by atoms with Crippen molar-refractivity contribution in [3.8, 4) is 5.88 Å². The van der Waals surface area contributed by atoms with Crippen LogP contribution in [0.1, 0.15) is 26.7 Å². The Labute approximate surface area is 109 Å². The molecule has 4 nitrogen and oxygen atoms in total. The van der Waals surface area contributed by atoms with Gasteiger partial charge in [-0.05, 0) is 44.7 Å². The zero-order valence-electron chi connectivity index (χ0n) is 11.2. The van der Waals surface area contributed by atoms with Crippen LogP contribution in [0.25, 0.3) is 0 Å². The second kappa shape index (κ2) is 6.59. The molecule has 1 saturated heterocycles. The van der Waals surface area contributed by atoms with Crippen molar-refractivity contribution in [3.05, 3.63) is 18.3 Å². The Balaban J connectivity index is 1.91. The molecule has 1 atom stereocenters. The monoisotopic (exact) mass is 250 g/mol. The van der Waals surface area contributed by atoms with Crippen molar-refractivity contribution in [1.82, 2.24) is 4.98 Å². The Morgan fingerprint density at radius 3 is 3.17 bits per heavy atom. The number of aromatic nitrogens is 1. The second-order valence-corrected chi connectivity index (χ2v) is 4.99. The van der Waals surface area contributed by atoms with Gasteiger partial charge in [-0.1, -0.05) is 0 Å². The van der Waals surface area contributed by atoms with Crippen molar-refractivity contribution in [1.29, 1.82) is 0 Å². The van der Waals surface area contributed by atoms with E-state index < -0.39 is 0 Å². The quantitative estimate of drug-likeness (QED) is 0.872. The van der Waals surface area contributed by atoms with Crippen molar-refractivity contribution in [2.24, 2.45) is 5.92 Å². The van der Waals surface area contributed by atoms with Gasteiger partial charge in [-0.15, -0.1) is 0 Å². The highest BCUT2D eigenvalue weighted by molar-refractivity contribution is 5.52. The van der Waals surface area contributed by atoms with Crippen molar-refractivity contribution in [2.45, 2.75) is 32.8 Å². The van der Waals surface area contributed by atoms with E-state index >= 15 is 0 Å². The van der Waals surface area contributed by atoms with Gasteiger partial charge in [-0.25, -0.2) is 4.98 Å². The predicted molar refractivity (Wildman–Crippen MR) is 72.0 cm³/mol. The highest BCUT2D eigenvalue weighted by Gasteiger charge is 2.14. The lowest BCUT2D eigenvalue weighted by Crippen LogP contribution is -2.24. The van der Waals surface area contributed by atoms with Gasteiger partial charge in [0.1, 0.15) is 0 Å². The largest absolute Gasteiger partial charge is 0.473 e. The standard InChI is InChI=1S/C14H22N2O2/c1-11(2)18-14-13(6-3-7-15-14)16-9-12-5-4-8-17-10-12/h3,6-7,11-12,16H,4-5,8-10H2,1-2H3. The number of rotatable bonds is 5. The van der Waals surface area contributed by atoms with E-state index in [0.717, 1.165) is 31.9 Å². The molecule has 0 aromatic carbocycles. The molecule has 0 bridgehead atoms. The van der Waals surface area contributed by atoms with Gasteiger partial charge in [-0.3, -0.25) is 0 Å². The van der Waals surface area contributed by atoms with E-state index in [2.05, 4.69) is 10.3 Å². The van der Waals surface area contributed by atoms with Crippen molar-refractivity contribution in [2.75, 3.05) is 25.1 Å². The zero-order chi connectivity index (χ0) is 12.8. The topological polar surface area (TPSA) is 43.4 Å². The number of ether oxygens (including phenoxy) is 2. The van der Waals surface area contributed by atoms with E-state index in [1.54, 1.807) is 6.20 Å². The molecule has 0 spiro atoms. The highest BCUT2D eigenvalue weighted by atomic mass is 16.5. The number of hydrogen-bond acceptors (Lipinski definition) is 4. The summed E-state index contributed by atoms with van der Waals surface area (Å²) in [4.78, 5) is 4.27. The van der Waals surface area contributed by atoms with Gasteiger partial charge in [0.15, 0.2) is 0 Å². The highest BCUT2D eigenvalue weighted by Crippen LogP contribution is 2.23. The normalized spacial score (nSPS) is 19.8. The molecule has 0 aliphatic carbocycles. The number of hydrogen-bond donors (Lipinski definition) is 1. The van der Waals surface area contributed by atoms with Crippen LogP contribution in [0.2, 0.25) is 0 Å². The molecule has 1 aromatic rings. The molecule has 2 rings (SSSR count). The van der Waals surface area contributed by atoms with Crippen LogP contribution in [0.5, 0.6) is 5.88 Å². The molecule has 0 saturated carbocycles.